The van der Waals surface area contributed by atoms with Crippen molar-refractivity contribution < 1.29 is 14.3 Å². The van der Waals surface area contributed by atoms with E-state index in [2.05, 4.69) is 5.32 Å². The fraction of sp³-hybridized carbons (Fsp3) is 0.125. The molecule has 3 N–H and O–H groups in total. The van der Waals surface area contributed by atoms with Crippen molar-refractivity contribution in [3.8, 4) is 11.5 Å². The van der Waals surface area contributed by atoms with E-state index in [4.69, 9.17) is 39.0 Å². The lowest BCUT2D eigenvalue weighted by atomic mass is 10.0. The summed E-state index contributed by atoms with van der Waals surface area (Å²) in [5.41, 5.74) is 6.85. The van der Waals surface area contributed by atoms with E-state index < -0.39 is 0 Å². The maximum absolute atomic E-state index is 12.8. The Labute approximate surface area is 143 Å². The predicted octanol–water partition coefficient (Wildman–Crippen LogP) is 3.00. The highest BCUT2D eigenvalue weighted by Gasteiger charge is 2.21. The topological polar surface area (TPSA) is 73.6 Å². The lowest BCUT2D eigenvalue weighted by Crippen LogP contribution is -2.22. The molecule has 0 saturated heterocycles. The van der Waals surface area contributed by atoms with Gasteiger partial charge in [-0.1, -0.05) is 23.7 Å². The highest BCUT2D eigenvalue weighted by atomic mass is 35.5. The first-order chi connectivity index (χ1) is 11.0. The summed E-state index contributed by atoms with van der Waals surface area (Å²) < 4.78 is 11.1. The van der Waals surface area contributed by atoms with E-state index in [0.717, 1.165) is 0 Å². The van der Waals surface area contributed by atoms with Crippen LogP contribution in [0.1, 0.15) is 15.9 Å². The Morgan fingerprint density at radius 2 is 1.87 bits per heavy atom. The van der Waals surface area contributed by atoms with Gasteiger partial charge in [-0.05, 0) is 30.4 Å². The third kappa shape index (κ3) is 3.38. The largest absolute Gasteiger partial charge is 0.486 e. The average molecular weight is 349 g/mol. The molecule has 1 aliphatic rings. The summed E-state index contributed by atoms with van der Waals surface area (Å²) in [5.74, 6) is 0.830. The van der Waals surface area contributed by atoms with Gasteiger partial charge in [0, 0.05) is 16.7 Å². The predicted molar refractivity (Wildman–Crippen MR) is 92.7 cm³/mol. The van der Waals surface area contributed by atoms with Gasteiger partial charge < -0.3 is 20.5 Å². The summed E-state index contributed by atoms with van der Waals surface area (Å²) in [6, 6.07) is 10.00. The van der Waals surface area contributed by atoms with Crippen molar-refractivity contribution in [2.24, 2.45) is 5.73 Å². The number of carbonyl (C=O) groups is 1. The molecular weight excluding hydrogens is 336 g/mol. The average Bonchev–Trinajstić information content (AvgIpc) is 2.53. The maximum atomic E-state index is 12.8. The number of thiocarbonyl (C=S) groups is 1. The molecule has 0 fully saturated rings. The van der Waals surface area contributed by atoms with Gasteiger partial charge in [0.25, 0.3) is 0 Å². The van der Waals surface area contributed by atoms with E-state index in [1.807, 2.05) is 0 Å². The molecule has 118 valence electrons. The summed E-state index contributed by atoms with van der Waals surface area (Å²) in [6.45, 7) is 0.876. The number of ketones is 1. The van der Waals surface area contributed by atoms with Crippen LogP contribution in [-0.2, 0) is 0 Å². The molecule has 2 aromatic carbocycles. The lowest BCUT2D eigenvalue weighted by Gasteiger charge is -2.21. The zero-order valence-corrected chi connectivity index (χ0v) is 13.5. The molecule has 0 bridgehead atoms. The van der Waals surface area contributed by atoms with Gasteiger partial charge in [-0.15, -0.1) is 0 Å². The smallest absolute Gasteiger partial charge is 0.195 e. The second kappa shape index (κ2) is 6.44. The van der Waals surface area contributed by atoms with Crippen LogP contribution in [0.15, 0.2) is 36.4 Å². The molecule has 0 amide bonds. The minimum absolute atomic E-state index is 0.0572. The number of benzene rings is 2. The quantitative estimate of drug-likeness (QED) is 0.656. The van der Waals surface area contributed by atoms with Crippen LogP contribution >= 0.6 is 23.8 Å². The van der Waals surface area contributed by atoms with E-state index in [-0.39, 0.29) is 10.9 Å². The molecule has 1 heterocycles. The number of halogens is 1. The van der Waals surface area contributed by atoms with E-state index in [0.29, 0.717) is 46.5 Å². The number of rotatable bonds is 3. The van der Waals surface area contributed by atoms with Crippen molar-refractivity contribution in [3.63, 3.8) is 0 Å². The van der Waals surface area contributed by atoms with Gasteiger partial charge in [-0.25, -0.2) is 0 Å². The molecule has 23 heavy (non-hydrogen) atoms. The number of nitrogens with two attached hydrogens (primary N) is 1. The number of carbonyl (C=O) groups excluding carboxylic acids is 1. The summed E-state index contributed by atoms with van der Waals surface area (Å²) >= 11 is 10.8. The Hall–Kier alpha value is -2.31. The molecular formula is C16H13ClN2O3S. The molecule has 0 unspecified atom stereocenters. The van der Waals surface area contributed by atoms with Gasteiger partial charge >= 0.3 is 0 Å². The van der Waals surface area contributed by atoms with E-state index in [1.165, 1.54) is 0 Å². The van der Waals surface area contributed by atoms with Crippen molar-refractivity contribution >= 4 is 40.4 Å². The molecule has 1 aliphatic heterocycles. The second-order valence-electron chi connectivity index (χ2n) is 4.87. The fourth-order valence-corrected chi connectivity index (χ4v) is 2.60. The Morgan fingerprint density at radius 1 is 1.17 bits per heavy atom. The maximum Gasteiger partial charge on any atom is 0.195 e. The third-order valence-corrected chi connectivity index (χ3v) is 3.61. The van der Waals surface area contributed by atoms with Crippen molar-refractivity contribution in [3.05, 3.63) is 52.5 Å². The molecule has 5 nitrogen and oxygen atoms in total. The summed E-state index contributed by atoms with van der Waals surface area (Å²) in [4.78, 5) is 12.8. The van der Waals surface area contributed by atoms with Crippen LogP contribution in [-0.4, -0.2) is 24.1 Å². The molecule has 0 aromatic heterocycles. The van der Waals surface area contributed by atoms with Crippen LogP contribution in [0.25, 0.3) is 0 Å². The summed E-state index contributed by atoms with van der Waals surface area (Å²) in [5, 5.41) is 3.35. The van der Waals surface area contributed by atoms with Crippen LogP contribution in [0.5, 0.6) is 11.5 Å². The van der Waals surface area contributed by atoms with E-state index in [9.17, 15) is 4.79 Å². The van der Waals surface area contributed by atoms with Crippen LogP contribution in [0.2, 0.25) is 5.02 Å². The number of ether oxygens (including phenoxy) is 2. The molecule has 0 atom stereocenters. The number of anilines is 1. The van der Waals surface area contributed by atoms with Crippen molar-refractivity contribution in [2.75, 3.05) is 18.5 Å². The minimum atomic E-state index is -0.219. The standard InChI is InChI=1S/C16H13ClN2O3S/c17-10-3-1-2-9(6-10)15(20)11-7-13-14(22-5-4-21-13)8-12(11)19-16(18)23/h1-3,6-8H,4-5H2,(H3,18,19,23). The Bertz CT molecular complexity index is 795. The van der Waals surface area contributed by atoms with Crippen LogP contribution in [0, 0.1) is 0 Å². The van der Waals surface area contributed by atoms with E-state index in [1.54, 1.807) is 36.4 Å². The van der Waals surface area contributed by atoms with Gasteiger partial charge in [0.1, 0.15) is 13.2 Å². The van der Waals surface area contributed by atoms with Gasteiger partial charge in [-0.2, -0.15) is 0 Å². The number of fused-ring (bicyclic) bond motifs is 1. The van der Waals surface area contributed by atoms with Crippen LogP contribution in [0.4, 0.5) is 5.69 Å². The molecule has 3 rings (SSSR count). The van der Waals surface area contributed by atoms with Gasteiger partial charge in [0.2, 0.25) is 0 Å². The van der Waals surface area contributed by atoms with Crippen LogP contribution in [0.3, 0.4) is 0 Å². The normalized spacial score (nSPS) is 12.6. The Balaban J connectivity index is 2.08. The van der Waals surface area contributed by atoms with Gasteiger partial charge in [-0.3, -0.25) is 4.79 Å². The molecule has 0 aliphatic carbocycles. The molecule has 7 heteroatoms. The highest BCUT2D eigenvalue weighted by Crippen LogP contribution is 2.36. The zero-order chi connectivity index (χ0) is 16.4. The zero-order valence-electron chi connectivity index (χ0n) is 12.0. The number of hydrogen-bond acceptors (Lipinski definition) is 4. The van der Waals surface area contributed by atoms with Gasteiger partial charge in [0.15, 0.2) is 22.4 Å². The summed E-state index contributed by atoms with van der Waals surface area (Å²) in [7, 11) is 0. The highest BCUT2D eigenvalue weighted by molar-refractivity contribution is 7.80. The minimum Gasteiger partial charge on any atom is -0.486 e. The number of hydrogen-bond donors (Lipinski definition) is 2. The second-order valence-corrected chi connectivity index (χ2v) is 5.75. The van der Waals surface area contributed by atoms with Gasteiger partial charge in [0.05, 0.1) is 11.3 Å². The number of nitrogens with one attached hydrogen (secondary N) is 1. The molecule has 0 spiro atoms. The molecule has 0 saturated carbocycles. The van der Waals surface area contributed by atoms with Crippen molar-refractivity contribution in [1.29, 1.82) is 0 Å². The first kappa shape index (κ1) is 15.6. The Morgan fingerprint density at radius 3 is 2.52 bits per heavy atom. The van der Waals surface area contributed by atoms with E-state index >= 15 is 0 Å². The monoisotopic (exact) mass is 348 g/mol. The lowest BCUT2D eigenvalue weighted by molar-refractivity contribution is 0.103. The van der Waals surface area contributed by atoms with Crippen molar-refractivity contribution in [2.45, 2.75) is 0 Å². The SMILES string of the molecule is NC(=S)Nc1cc2c(cc1C(=O)c1cccc(Cl)c1)OCCO2. The fourth-order valence-electron chi connectivity index (χ4n) is 2.30. The summed E-state index contributed by atoms with van der Waals surface area (Å²) in [6.07, 6.45) is 0. The van der Waals surface area contributed by atoms with Crippen LogP contribution < -0.4 is 20.5 Å². The molecule has 0 radical (unpaired) electrons. The third-order valence-electron chi connectivity index (χ3n) is 3.27. The first-order valence-electron chi connectivity index (χ1n) is 6.85. The Kier molecular flexibility index (Phi) is 4.36. The molecule has 2 aromatic rings. The first-order valence-corrected chi connectivity index (χ1v) is 7.63. The van der Waals surface area contributed by atoms with Crippen molar-refractivity contribution in [1.82, 2.24) is 0 Å².